The van der Waals surface area contributed by atoms with Gasteiger partial charge in [-0.2, -0.15) is 0 Å². The molecule has 0 bridgehead atoms. The number of likely N-dealkylation sites (tertiary alicyclic amines) is 1. The lowest BCUT2D eigenvalue weighted by atomic mass is 10.0. The second-order valence-electron chi connectivity index (χ2n) is 5.93. The van der Waals surface area contributed by atoms with E-state index in [-0.39, 0.29) is 12.1 Å². The Kier molecular flexibility index (Phi) is 6.28. The minimum atomic E-state index is -0.127. The number of carbonyl (C=O) groups excluding carboxylic acids is 1. The topological polar surface area (TPSA) is 44.4 Å². The van der Waals surface area contributed by atoms with Gasteiger partial charge < -0.3 is 10.6 Å². The number of halogens is 1. The smallest absolute Gasteiger partial charge is 0.315 e. The maximum absolute atomic E-state index is 12.0. The zero-order valence-electron chi connectivity index (χ0n) is 13.1. The first-order chi connectivity index (χ1) is 10.5. The van der Waals surface area contributed by atoms with Crippen molar-refractivity contribution in [3.8, 4) is 0 Å². The molecule has 1 aliphatic rings. The molecule has 0 unspecified atom stereocenters. The van der Waals surface area contributed by atoms with Gasteiger partial charge in [0.05, 0.1) is 0 Å². The number of amides is 2. The van der Waals surface area contributed by atoms with Gasteiger partial charge in [-0.3, -0.25) is 4.90 Å². The summed E-state index contributed by atoms with van der Waals surface area (Å²) in [6.07, 6.45) is 1.96. The molecular weight excluding hydrogens is 298 g/mol. The van der Waals surface area contributed by atoms with Crippen LogP contribution >= 0.6 is 11.6 Å². The van der Waals surface area contributed by atoms with E-state index in [0.717, 1.165) is 38.0 Å². The Hall–Kier alpha value is -1.52. The van der Waals surface area contributed by atoms with E-state index < -0.39 is 0 Å². The van der Waals surface area contributed by atoms with Crippen LogP contribution in [0.2, 0.25) is 5.02 Å². The van der Waals surface area contributed by atoms with Crippen molar-refractivity contribution in [1.82, 2.24) is 15.5 Å². The fraction of sp³-hybridized carbons (Fsp3) is 0.471. The molecule has 1 aromatic carbocycles. The van der Waals surface area contributed by atoms with Gasteiger partial charge >= 0.3 is 6.03 Å². The summed E-state index contributed by atoms with van der Waals surface area (Å²) < 4.78 is 0. The summed E-state index contributed by atoms with van der Waals surface area (Å²) in [6, 6.07) is 7.65. The summed E-state index contributed by atoms with van der Waals surface area (Å²) in [7, 11) is 0. The maximum atomic E-state index is 12.0. The zero-order chi connectivity index (χ0) is 15.9. The van der Waals surface area contributed by atoms with Crippen LogP contribution < -0.4 is 10.6 Å². The lowest BCUT2D eigenvalue weighted by Crippen LogP contribution is -2.47. The first-order valence-corrected chi connectivity index (χ1v) is 8.07. The quantitative estimate of drug-likeness (QED) is 0.818. The van der Waals surface area contributed by atoms with Crippen molar-refractivity contribution in [2.45, 2.75) is 32.4 Å². The molecule has 1 aliphatic heterocycles. The van der Waals surface area contributed by atoms with Gasteiger partial charge in [0.25, 0.3) is 0 Å². The van der Waals surface area contributed by atoms with E-state index in [1.54, 1.807) is 0 Å². The van der Waals surface area contributed by atoms with E-state index in [1.807, 2.05) is 31.2 Å². The van der Waals surface area contributed by atoms with Crippen LogP contribution in [0.25, 0.3) is 0 Å². The van der Waals surface area contributed by atoms with E-state index in [4.69, 9.17) is 11.6 Å². The first-order valence-electron chi connectivity index (χ1n) is 7.69. The lowest BCUT2D eigenvalue weighted by molar-refractivity contribution is 0.201. The fourth-order valence-electron chi connectivity index (χ4n) is 2.67. The highest BCUT2D eigenvalue weighted by Crippen LogP contribution is 2.14. The SMILES string of the molecule is C=C(C)CN1CCC(NC(=O)NCc2ccccc2Cl)CC1. The van der Waals surface area contributed by atoms with Crippen LogP contribution in [0.4, 0.5) is 4.79 Å². The second-order valence-corrected chi connectivity index (χ2v) is 6.33. The Labute approximate surface area is 137 Å². The summed E-state index contributed by atoms with van der Waals surface area (Å²) >= 11 is 6.07. The minimum absolute atomic E-state index is 0.127. The first kappa shape index (κ1) is 16.8. The van der Waals surface area contributed by atoms with E-state index >= 15 is 0 Å². The minimum Gasteiger partial charge on any atom is -0.335 e. The number of nitrogens with zero attached hydrogens (tertiary/aromatic N) is 1. The Bertz CT molecular complexity index is 524. The van der Waals surface area contributed by atoms with E-state index in [9.17, 15) is 4.79 Å². The van der Waals surface area contributed by atoms with E-state index in [1.165, 1.54) is 5.57 Å². The Morgan fingerprint density at radius 1 is 1.36 bits per heavy atom. The summed E-state index contributed by atoms with van der Waals surface area (Å²) in [5.41, 5.74) is 2.11. The molecule has 1 aromatic rings. The summed E-state index contributed by atoms with van der Waals surface area (Å²) in [6.45, 7) is 9.39. The molecule has 22 heavy (non-hydrogen) atoms. The van der Waals surface area contributed by atoms with Crippen molar-refractivity contribution in [1.29, 1.82) is 0 Å². The molecule has 5 heteroatoms. The number of piperidine rings is 1. The summed E-state index contributed by atoms with van der Waals surface area (Å²) in [5.74, 6) is 0. The van der Waals surface area contributed by atoms with Crippen LogP contribution in [0.3, 0.4) is 0 Å². The third-order valence-corrected chi connectivity index (χ3v) is 4.18. The molecule has 2 amide bonds. The molecule has 0 aromatic heterocycles. The Balaban J connectivity index is 1.70. The number of carbonyl (C=O) groups is 1. The van der Waals surface area contributed by atoms with E-state index in [0.29, 0.717) is 11.6 Å². The third-order valence-electron chi connectivity index (χ3n) is 3.81. The Morgan fingerprint density at radius 3 is 2.68 bits per heavy atom. The monoisotopic (exact) mass is 321 g/mol. The molecule has 2 N–H and O–H groups in total. The predicted octanol–water partition coefficient (Wildman–Crippen LogP) is 3.18. The van der Waals surface area contributed by atoms with Crippen molar-refractivity contribution in [2.75, 3.05) is 19.6 Å². The molecule has 1 fully saturated rings. The molecule has 1 heterocycles. The van der Waals surface area contributed by atoms with Crippen LogP contribution in [0.15, 0.2) is 36.4 Å². The number of rotatable bonds is 5. The Morgan fingerprint density at radius 2 is 2.05 bits per heavy atom. The molecule has 2 rings (SSSR count). The summed E-state index contributed by atoms with van der Waals surface area (Å²) in [4.78, 5) is 14.3. The number of nitrogens with one attached hydrogen (secondary N) is 2. The van der Waals surface area contributed by atoms with Gasteiger partial charge in [0, 0.05) is 37.2 Å². The third kappa shape index (κ3) is 5.35. The summed E-state index contributed by atoms with van der Waals surface area (Å²) in [5, 5.41) is 6.59. The van der Waals surface area contributed by atoms with Gasteiger partial charge in [-0.1, -0.05) is 42.0 Å². The van der Waals surface area contributed by atoms with Crippen LogP contribution in [-0.4, -0.2) is 36.6 Å². The molecule has 0 atom stereocenters. The van der Waals surface area contributed by atoms with Crippen molar-refractivity contribution >= 4 is 17.6 Å². The highest BCUT2D eigenvalue weighted by molar-refractivity contribution is 6.31. The average Bonchev–Trinajstić information content (AvgIpc) is 2.48. The average molecular weight is 322 g/mol. The van der Waals surface area contributed by atoms with Gasteiger partial charge in [0.1, 0.15) is 0 Å². The molecule has 4 nitrogen and oxygen atoms in total. The fourth-order valence-corrected chi connectivity index (χ4v) is 2.87. The van der Waals surface area contributed by atoms with Crippen molar-refractivity contribution < 1.29 is 4.79 Å². The molecule has 120 valence electrons. The maximum Gasteiger partial charge on any atom is 0.315 e. The van der Waals surface area contributed by atoms with Crippen LogP contribution in [-0.2, 0) is 6.54 Å². The molecule has 0 saturated carbocycles. The van der Waals surface area contributed by atoms with Crippen molar-refractivity contribution in [2.24, 2.45) is 0 Å². The normalized spacial score (nSPS) is 16.3. The molecule has 0 radical (unpaired) electrons. The molecular formula is C17H24ClN3O. The number of hydrogen-bond acceptors (Lipinski definition) is 2. The standard InChI is InChI=1S/C17H24ClN3O/c1-13(2)12-21-9-7-15(8-10-21)20-17(22)19-11-14-5-3-4-6-16(14)18/h3-6,15H,1,7-12H2,2H3,(H2,19,20,22). The van der Waals surface area contributed by atoms with Gasteiger partial charge in [-0.25, -0.2) is 4.79 Å². The number of hydrogen-bond donors (Lipinski definition) is 2. The number of benzene rings is 1. The van der Waals surface area contributed by atoms with Gasteiger partial charge in [0.2, 0.25) is 0 Å². The van der Waals surface area contributed by atoms with Crippen molar-refractivity contribution in [3.63, 3.8) is 0 Å². The number of urea groups is 1. The van der Waals surface area contributed by atoms with Crippen LogP contribution in [0.1, 0.15) is 25.3 Å². The lowest BCUT2D eigenvalue weighted by Gasteiger charge is -2.32. The molecule has 1 saturated heterocycles. The zero-order valence-corrected chi connectivity index (χ0v) is 13.8. The van der Waals surface area contributed by atoms with Crippen molar-refractivity contribution in [3.05, 3.63) is 47.0 Å². The van der Waals surface area contributed by atoms with Gasteiger partial charge in [-0.15, -0.1) is 0 Å². The van der Waals surface area contributed by atoms with E-state index in [2.05, 4.69) is 22.1 Å². The molecule has 0 spiro atoms. The van der Waals surface area contributed by atoms with Crippen LogP contribution in [0.5, 0.6) is 0 Å². The second kappa shape index (κ2) is 8.20. The largest absolute Gasteiger partial charge is 0.335 e. The van der Waals surface area contributed by atoms with Gasteiger partial charge in [-0.05, 0) is 31.4 Å². The predicted molar refractivity (Wildman–Crippen MR) is 91.1 cm³/mol. The van der Waals surface area contributed by atoms with Gasteiger partial charge in [0.15, 0.2) is 0 Å². The molecule has 0 aliphatic carbocycles. The highest BCUT2D eigenvalue weighted by atomic mass is 35.5. The highest BCUT2D eigenvalue weighted by Gasteiger charge is 2.20. The van der Waals surface area contributed by atoms with Crippen LogP contribution in [0, 0.1) is 0 Å².